The Kier molecular flexibility index (Phi) is 3.80. The van der Waals surface area contributed by atoms with Gasteiger partial charge in [-0.1, -0.05) is 27.5 Å². The van der Waals surface area contributed by atoms with Gasteiger partial charge in [0, 0.05) is 22.6 Å². The Balaban J connectivity index is 2.47. The first-order valence-corrected chi connectivity index (χ1v) is 6.64. The summed E-state index contributed by atoms with van der Waals surface area (Å²) in [5, 5.41) is 0. The lowest BCUT2D eigenvalue weighted by Gasteiger charge is -2.10. The fourth-order valence-electron chi connectivity index (χ4n) is 1.40. The molecule has 0 spiro atoms. The van der Waals surface area contributed by atoms with Gasteiger partial charge in [0.25, 0.3) is 0 Å². The van der Waals surface area contributed by atoms with E-state index in [0.29, 0.717) is 21.3 Å². The van der Waals surface area contributed by atoms with Crippen molar-refractivity contribution in [2.24, 2.45) is 0 Å². The Bertz CT molecular complexity index is 532. The second-order valence-corrected chi connectivity index (χ2v) is 5.95. The molecule has 0 amide bonds. The maximum atomic E-state index is 13.5. The predicted octanol–water partition coefficient (Wildman–Crippen LogP) is 5.30. The van der Waals surface area contributed by atoms with Gasteiger partial charge in [0.05, 0.1) is 9.16 Å². The summed E-state index contributed by atoms with van der Waals surface area (Å²) in [4.78, 5) is -0.0278. The van der Waals surface area contributed by atoms with Crippen LogP contribution in [0.15, 0.2) is 24.3 Å². The lowest BCUT2D eigenvalue weighted by atomic mass is 10.1. The maximum Gasteiger partial charge on any atom is 0.133 e. The molecule has 2 rings (SSSR count). The van der Waals surface area contributed by atoms with Gasteiger partial charge in [-0.3, -0.25) is 0 Å². The van der Waals surface area contributed by atoms with E-state index in [1.54, 1.807) is 12.1 Å². The lowest BCUT2D eigenvalue weighted by Crippen LogP contribution is -2.00. The summed E-state index contributed by atoms with van der Waals surface area (Å²) in [6.07, 6.45) is 0. The van der Waals surface area contributed by atoms with Gasteiger partial charge in [0.2, 0.25) is 0 Å². The molecule has 2 aromatic rings. The highest BCUT2D eigenvalue weighted by atomic mass is 79.9. The Morgan fingerprint density at radius 2 is 1.71 bits per heavy atom. The Morgan fingerprint density at radius 3 is 2.18 bits per heavy atom. The van der Waals surface area contributed by atoms with Gasteiger partial charge in [-0.05, 0) is 12.1 Å². The van der Waals surface area contributed by atoms with Crippen molar-refractivity contribution >= 4 is 38.9 Å². The first-order valence-electron chi connectivity index (χ1n) is 4.53. The summed E-state index contributed by atoms with van der Waals surface area (Å²) in [5.74, 6) is -2.78. The third kappa shape index (κ3) is 2.67. The number of thiophene rings is 1. The zero-order valence-electron chi connectivity index (χ0n) is 8.18. The number of hydrogen-bond donors (Lipinski definition) is 0. The minimum absolute atomic E-state index is 0.218. The molecule has 0 nitrogen and oxygen atoms in total. The molecule has 1 heterocycles. The van der Waals surface area contributed by atoms with Gasteiger partial charge in [-0.15, -0.1) is 11.3 Å². The van der Waals surface area contributed by atoms with Gasteiger partial charge < -0.3 is 0 Å². The van der Waals surface area contributed by atoms with Gasteiger partial charge >= 0.3 is 0 Å². The summed E-state index contributed by atoms with van der Waals surface area (Å²) < 4.78 is 40.3. The molecular weight excluding hydrogens is 337 g/mol. The van der Waals surface area contributed by atoms with Crippen LogP contribution in [0.25, 0.3) is 0 Å². The third-order valence-electron chi connectivity index (χ3n) is 2.14. The molecule has 1 aromatic heterocycles. The van der Waals surface area contributed by atoms with E-state index in [0.717, 1.165) is 0 Å². The van der Waals surface area contributed by atoms with Crippen LogP contribution in [0.2, 0.25) is 4.34 Å². The molecule has 1 unspecified atom stereocenters. The minimum Gasteiger partial charge on any atom is -0.207 e. The van der Waals surface area contributed by atoms with Gasteiger partial charge in [0.1, 0.15) is 17.5 Å². The monoisotopic (exact) mass is 340 g/mol. The van der Waals surface area contributed by atoms with Crippen LogP contribution >= 0.6 is 38.9 Å². The van der Waals surface area contributed by atoms with Crippen LogP contribution in [0.4, 0.5) is 13.2 Å². The quantitative estimate of drug-likeness (QED) is 0.650. The van der Waals surface area contributed by atoms with Crippen molar-refractivity contribution in [1.82, 2.24) is 0 Å². The smallest absolute Gasteiger partial charge is 0.133 e. The van der Waals surface area contributed by atoms with Crippen molar-refractivity contribution in [3.63, 3.8) is 0 Å². The van der Waals surface area contributed by atoms with Gasteiger partial charge in [0.15, 0.2) is 0 Å². The molecule has 0 aliphatic carbocycles. The van der Waals surface area contributed by atoms with E-state index in [9.17, 15) is 13.2 Å². The van der Waals surface area contributed by atoms with E-state index in [1.165, 1.54) is 11.3 Å². The van der Waals surface area contributed by atoms with E-state index in [1.807, 2.05) is 0 Å². The number of alkyl halides is 1. The molecule has 0 aliphatic rings. The van der Waals surface area contributed by atoms with E-state index < -0.39 is 22.3 Å². The van der Waals surface area contributed by atoms with E-state index >= 15 is 0 Å². The second kappa shape index (κ2) is 5.00. The highest BCUT2D eigenvalue weighted by Crippen LogP contribution is 2.39. The fourth-order valence-corrected chi connectivity index (χ4v) is 3.32. The van der Waals surface area contributed by atoms with Crippen LogP contribution in [-0.4, -0.2) is 0 Å². The van der Waals surface area contributed by atoms with Crippen LogP contribution < -0.4 is 0 Å². The summed E-state index contributed by atoms with van der Waals surface area (Å²) in [6, 6.07) is 4.60. The Hall–Kier alpha value is -0.520. The molecule has 1 aromatic carbocycles. The number of benzene rings is 1. The maximum absolute atomic E-state index is 13.5. The van der Waals surface area contributed by atoms with Crippen molar-refractivity contribution in [1.29, 1.82) is 0 Å². The molecule has 0 saturated heterocycles. The van der Waals surface area contributed by atoms with Gasteiger partial charge in [-0.25, -0.2) is 13.2 Å². The molecule has 0 fully saturated rings. The van der Waals surface area contributed by atoms with Crippen molar-refractivity contribution < 1.29 is 13.2 Å². The summed E-state index contributed by atoms with van der Waals surface area (Å²) in [6.45, 7) is 0. The molecule has 0 bridgehead atoms. The fraction of sp³-hybridized carbons (Fsp3) is 0.0909. The zero-order valence-corrected chi connectivity index (χ0v) is 11.3. The molecule has 0 saturated carbocycles. The van der Waals surface area contributed by atoms with Crippen LogP contribution in [0.3, 0.4) is 0 Å². The first kappa shape index (κ1) is 12.9. The molecule has 1 atom stereocenters. The topological polar surface area (TPSA) is 0 Å². The highest BCUT2D eigenvalue weighted by Gasteiger charge is 2.21. The SMILES string of the molecule is Fc1cc(F)c(C(Br)c2ccc(Cl)s2)c(F)c1. The molecule has 0 N–H and O–H groups in total. The Labute approximate surface area is 113 Å². The van der Waals surface area contributed by atoms with Crippen LogP contribution in [0, 0.1) is 17.5 Å². The van der Waals surface area contributed by atoms with E-state index in [2.05, 4.69) is 15.9 Å². The summed E-state index contributed by atoms with van der Waals surface area (Å²) in [5.41, 5.74) is -0.218. The second-order valence-electron chi connectivity index (χ2n) is 3.29. The average molecular weight is 342 g/mol. The predicted molar refractivity (Wildman–Crippen MR) is 66.4 cm³/mol. The third-order valence-corrected chi connectivity index (χ3v) is 4.69. The zero-order chi connectivity index (χ0) is 12.6. The largest absolute Gasteiger partial charge is 0.207 e. The van der Waals surface area contributed by atoms with Crippen LogP contribution in [0.1, 0.15) is 15.3 Å². The molecule has 0 radical (unpaired) electrons. The molecular formula is C11H5BrClF3S. The lowest BCUT2D eigenvalue weighted by molar-refractivity contribution is 0.528. The average Bonchev–Trinajstić information content (AvgIpc) is 2.63. The number of hydrogen-bond acceptors (Lipinski definition) is 1. The Morgan fingerprint density at radius 1 is 1.12 bits per heavy atom. The standard InChI is InChI=1S/C11H5BrClF3S/c12-11(8-1-2-9(13)17-8)10-6(15)3-5(14)4-7(10)16/h1-4,11H. The van der Waals surface area contributed by atoms with Crippen molar-refractivity contribution in [2.75, 3.05) is 0 Å². The highest BCUT2D eigenvalue weighted by molar-refractivity contribution is 9.09. The van der Waals surface area contributed by atoms with E-state index in [-0.39, 0.29) is 5.56 Å². The van der Waals surface area contributed by atoms with E-state index in [4.69, 9.17) is 11.6 Å². The summed E-state index contributed by atoms with van der Waals surface area (Å²) in [7, 11) is 0. The van der Waals surface area contributed by atoms with Crippen LogP contribution in [-0.2, 0) is 0 Å². The molecule has 17 heavy (non-hydrogen) atoms. The molecule has 0 aliphatic heterocycles. The number of halogens is 5. The minimum atomic E-state index is -0.937. The number of rotatable bonds is 2. The molecule has 90 valence electrons. The van der Waals surface area contributed by atoms with Crippen molar-refractivity contribution in [3.05, 3.63) is 56.5 Å². The van der Waals surface area contributed by atoms with Crippen molar-refractivity contribution in [2.45, 2.75) is 4.83 Å². The van der Waals surface area contributed by atoms with Crippen LogP contribution in [0.5, 0.6) is 0 Å². The van der Waals surface area contributed by atoms with Gasteiger partial charge in [-0.2, -0.15) is 0 Å². The normalized spacial score (nSPS) is 12.8. The first-order chi connectivity index (χ1) is 7.99. The summed E-state index contributed by atoms with van der Waals surface area (Å²) >= 11 is 10.1. The van der Waals surface area contributed by atoms with Crippen molar-refractivity contribution in [3.8, 4) is 0 Å². The molecule has 6 heteroatoms.